The van der Waals surface area contributed by atoms with Gasteiger partial charge in [0.25, 0.3) is 0 Å². The fourth-order valence-corrected chi connectivity index (χ4v) is 2.23. The summed E-state index contributed by atoms with van der Waals surface area (Å²) in [5.41, 5.74) is 1.06. The Labute approximate surface area is 124 Å². The van der Waals surface area contributed by atoms with Gasteiger partial charge in [-0.05, 0) is 25.3 Å². The van der Waals surface area contributed by atoms with Gasteiger partial charge in [-0.25, -0.2) is 9.67 Å². The number of nitrogens with zero attached hydrogens (tertiary/aromatic N) is 5. The molecule has 114 valence electrons. The summed E-state index contributed by atoms with van der Waals surface area (Å²) < 4.78 is 3.58. The van der Waals surface area contributed by atoms with E-state index in [4.69, 9.17) is 0 Å². The number of rotatable bonds is 7. The second-order valence-electron chi connectivity index (χ2n) is 5.15. The van der Waals surface area contributed by atoms with Gasteiger partial charge in [-0.3, -0.25) is 9.48 Å². The maximum Gasteiger partial charge on any atom is 0.220 e. The van der Waals surface area contributed by atoms with Crippen LogP contribution in [0.5, 0.6) is 0 Å². The third kappa shape index (κ3) is 4.14. The molecule has 0 bridgehead atoms. The van der Waals surface area contributed by atoms with Gasteiger partial charge in [-0.15, -0.1) is 0 Å². The van der Waals surface area contributed by atoms with Gasteiger partial charge in [0.05, 0.1) is 12.2 Å². The third-order valence-corrected chi connectivity index (χ3v) is 3.24. The van der Waals surface area contributed by atoms with Crippen LogP contribution in [0, 0.1) is 0 Å². The molecule has 2 aromatic heterocycles. The zero-order chi connectivity index (χ0) is 15.2. The van der Waals surface area contributed by atoms with E-state index in [-0.39, 0.29) is 11.9 Å². The number of aromatic nitrogens is 5. The number of hydrogen-bond acceptors (Lipinski definition) is 4. The van der Waals surface area contributed by atoms with Crippen molar-refractivity contribution in [1.29, 1.82) is 0 Å². The van der Waals surface area contributed by atoms with Crippen LogP contribution in [-0.2, 0) is 24.8 Å². The highest BCUT2D eigenvalue weighted by Crippen LogP contribution is 2.10. The maximum atomic E-state index is 12.0. The van der Waals surface area contributed by atoms with Crippen LogP contribution < -0.4 is 5.32 Å². The Morgan fingerprint density at radius 3 is 2.90 bits per heavy atom. The second kappa shape index (κ2) is 7.01. The van der Waals surface area contributed by atoms with Crippen LogP contribution in [0.25, 0.3) is 0 Å². The lowest BCUT2D eigenvalue weighted by atomic mass is 10.2. The lowest BCUT2D eigenvalue weighted by molar-refractivity contribution is -0.121. The van der Waals surface area contributed by atoms with E-state index in [1.54, 1.807) is 10.9 Å². The maximum absolute atomic E-state index is 12.0. The molecule has 2 aromatic rings. The van der Waals surface area contributed by atoms with Crippen molar-refractivity contribution in [2.45, 2.75) is 45.7 Å². The number of carbonyl (C=O) groups excluding carboxylic acids is 1. The molecule has 0 saturated carbocycles. The molecule has 0 spiro atoms. The molecule has 0 radical (unpaired) electrons. The van der Waals surface area contributed by atoms with Crippen molar-refractivity contribution in [1.82, 2.24) is 29.9 Å². The molecule has 1 amide bonds. The molecule has 1 atom stereocenters. The van der Waals surface area contributed by atoms with Crippen molar-refractivity contribution in [3.05, 3.63) is 30.1 Å². The van der Waals surface area contributed by atoms with Crippen LogP contribution in [-0.4, -0.2) is 30.5 Å². The minimum Gasteiger partial charge on any atom is -0.346 e. The molecule has 0 unspecified atom stereocenters. The first kappa shape index (κ1) is 15.2. The Morgan fingerprint density at radius 2 is 2.24 bits per heavy atom. The summed E-state index contributed by atoms with van der Waals surface area (Å²) in [5.74, 6) is 0.809. The fourth-order valence-electron chi connectivity index (χ4n) is 2.23. The Kier molecular flexibility index (Phi) is 5.08. The van der Waals surface area contributed by atoms with Gasteiger partial charge in [0.1, 0.15) is 12.2 Å². The zero-order valence-electron chi connectivity index (χ0n) is 12.8. The lowest BCUT2D eigenvalue weighted by Gasteiger charge is -2.14. The lowest BCUT2D eigenvalue weighted by Crippen LogP contribution is -2.29. The number of carbonyl (C=O) groups is 1. The molecule has 7 heteroatoms. The summed E-state index contributed by atoms with van der Waals surface area (Å²) in [5, 5.41) is 11.2. The summed E-state index contributed by atoms with van der Waals surface area (Å²) in [6.45, 7) is 4.83. The minimum absolute atomic E-state index is 0.0115. The smallest absolute Gasteiger partial charge is 0.220 e. The van der Waals surface area contributed by atoms with Crippen LogP contribution in [0.3, 0.4) is 0 Å². The summed E-state index contributed by atoms with van der Waals surface area (Å²) in [4.78, 5) is 16.2. The quantitative estimate of drug-likeness (QED) is 0.832. The number of amides is 1. The molecule has 0 aromatic carbocycles. The van der Waals surface area contributed by atoms with Gasteiger partial charge in [-0.1, -0.05) is 6.92 Å². The van der Waals surface area contributed by atoms with E-state index in [1.165, 1.54) is 6.33 Å². The van der Waals surface area contributed by atoms with E-state index in [9.17, 15) is 4.79 Å². The number of aryl methyl sites for hydroxylation is 3. The monoisotopic (exact) mass is 290 g/mol. The molecule has 0 saturated heterocycles. The van der Waals surface area contributed by atoms with Crippen molar-refractivity contribution in [3.8, 4) is 0 Å². The molecule has 0 fully saturated rings. The zero-order valence-corrected chi connectivity index (χ0v) is 12.8. The van der Waals surface area contributed by atoms with E-state index >= 15 is 0 Å². The Morgan fingerprint density at radius 1 is 1.43 bits per heavy atom. The topological polar surface area (TPSA) is 77.6 Å². The summed E-state index contributed by atoms with van der Waals surface area (Å²) in [6, 6.07) is -0.138. The molecule has 0 aliphatic carbocycles. The van der Waals surface area contributed by atoms with E-state index < -0.39 is 0 Å². The van der Waals surface area contributed by atoms with E-state index in [2.05, 4.69) is 27.4 Å². The molecule has 2 heterocycles. The average Bonchev–Trinajstić information content (AvgIpc) is 3.06. The molecule has 0 aliphatic rings. The van der Waals surface area contributed by atoms with Crippen molar-refractivity contribution in [2.24, 2.45) is 7.05 Å². The molecule has 1 N–H and O–H groups in total. The van der Waals surface area contributed by atoms with Crippen LogP contribution >= 0.6 is 0 Å². The molecule has 21 heavy (non-hydrogen) atoms. The molecular weight excluding hydrogens is 268 g/mol. The largest absolute Gasteiger partial charge is 0.346 e. The third-order valence-electron chi connectivity index (χ3n) is 3.24. The Balaban J connectivity index is 1.85. The van der Waals surface area contributed by atoms with Crippen molar-refractivity contribution in [3.63, 3.8) is 0 Å². The van der Waals surface area contributed by atoms with Gasteiger partial charge in [0.2, 0.25) is 5.91 Å². The van der Waals surface area contributed by atoms with Crippen LogP contribution in [0.15, 0.2) is 18.7 Å². The van der Waals surface area contributed by atoms with Crippen molar-refractivity contribution < 1.29 is 4.79 Å². The summed E-state index contributed by atoms with van der Waals surface area (Å²) in [7, 11) is 1.87. The van der Waals surface area contributed by atoms with Crippen LogP contribution in [0.4, 0.5) is 0 Å². The second-order valence-corrected chi connectivity index (χ2v) is 5.15. The standard InChI is InChI=1S/C14H22N6O/c1-4-7-20-14(15-10-17-20)11(2)18-13(21)6-5-12-8-16-19(3)9-12/h8-11H,4-7H2,1-3H3,(H,18,21)/t11-/m1/s1. The van der Waals surface area contributed by atoms with Gasteiger partial charge < -0.3 is 5.32 Å². The van der Waals surface area contributed by atoms with Gasteiger partial charge in [0.15, 0.2) is 0 Å². The van der Waals surface area contributed by atoms with Crippen molar-refractivity contribution in [2.75, 3.05) is 0 Å². The highest BCUT2D eigenvalue weighted by Gasteiger charge is 2.15. The van der Waals surface area contributed by atoms with E-state index in [1.807, 2.05) is 24.9 Å². The van der Waals surface area contributed by atoms with Crippen LogP contribution in [0.1, 0.15) is 44.1 Å². The van der Waals surface area contributed by atoms with Crippen molar-refractivity contribution >= 4 is 5.91 Å². The predicted molar refractivity (Wildman–Crippen MR) is 78.4 cm³/mol. The van der Waals surface area contributed by atoms with E-state index in [0.29, 0.717) is 12.8 Å². The van der Waals surface area contributed by atoms with Crippen LogP contribution in [0.2, 0.25) is 0 Å². The van der Waals surface area contributed by atoms with Gasteiger partial charge >= 0.3 is 0 Å². The predicted octanol–water partition coefficient (Wildman–Crippen LogP) is 1.23. The normalized spacial score (nSPS) is 12.3. The first-order valence-electron chi connectivity index (χ1n) is 7.24. The highest BCUT2D eigenvalue weighted by atomic mass is 16.1. The Bertz CT molecular complexity index is 588. The summed E-state index contributed by atoms with van der Waals surface area (Å²) >= 11 is 0. The minimum atomic E-state index is -0.138. The Hall–Kier alpha value is -2.18. The first-order chi connectivity index (χ1) is 10.1. The molecule has 7 nitrogen and oxygen atoms in total. The van der Waals surface area contributed by atoms with Gasteiger partial charge in [0, 0.05) is 26.2 Å². The van der Waals surface area contributed by atoms with E-state index in [0.717, 1.165) is 24.4 Å². The number of hydrogen-bond donors (Lipinski definition) is 1. The average molecular weight is 290 g/mol. The molecule has 0 aliphatic heterocycles. The number of nitrogens with one attached hydrogen (secondary N) is 1. The SMILES string of the molecule is CCCn1ncnc1[C@@H](C)NC(=O)CCc1cnn(C)c1. The summed E-state index contributed by atoms with van der Waals surface area (Å²) in [6.07, 6.45) is 7.36. The molecule has 2 rings (SSSR count). The fraction of sp³-hybridized carbons (Fsp3) is 0.571. The highest BCUT2D eigenvalue weighted by molar-refractivity contribution is 5.76. The molecular formula is C14H22N6O. The first-order valence-corrected chi connectivity index (χ1v) is 7.24. The van der Waals surface area contributed by atoms with Gasteiger partial charge in [-0.2, -0.15) is 10.2 Å².